The number of nitrogens with zero attached hydrogens (tertiary/aromatic N) is 2. The summed E-state index contributed by atoms with van der Waals surface area (Å²) in [6.07, 6.45) is 1.92. The normalized spacial score (nSPS) is 11.7. The molecule has 1 aromatic rings. The van der Waals surface area contributed by atoms with Gasteiger partial charge in [0.15, 0.2) is 0 Å². The highest BCUT2D eigenvalue weighted by molar-refractivity contribution is 5.65. The van der Waals surface area contributed by atoms with E-state index in [1.54, 1.807) is 0 Å². The molecule has 98 valence electrons. The molecule has 0 amide bonds. The summed E-state index contributed by atoms with van der Waals surface area (Å²) in [7, 11) is 0. The van der Waals surface area contributed by atoms with E-state index in [1.807, 2.05) is 6.92 Å². The molecule has 1 unspecified atom stereocenters. The van der Waals surface area contributed by atoms with Crippen molar-refractivity contribution in [2.45, 2.75) is 26.3 Å². The molecule has 0 aliphatic rings. The largest absolute Gasteiger partial charge is 0.464 e. The zero-order valence-corrected chi connectivity index (χ0v) is 10.3. The predicted octanol–water partition coefficient (Wildman–Crippen LogP) is 1.74. The Morgan fingerprint density at radius 1 is 1.61 bits per heavy atom. The highest BCUT2D eigenvalue weighted by Crippen LogP contribution is 2.13. The van der Waals surface area contributed by atoms with Gasteiger partial charge >= 0.3 is 5.97 Å². The van der Waals surface area contributed by atoms with Crippen LogP contribution in [0.2, 0.25) is 0 Å². The van der Waals surface area contributed by atoms with Crippen LogP contribution in [0, 0.1) is 10.1 Å². The van der Waals surface area contributed by atoms with Crippen molar-refractivity contribution in [3.05, 3.63) is 28.4 Å². The summed E-state index contributed by atoms with van der Waals surface area (Å²) in [5.74, 6) is 0.173. The summed E-state index contributed by atoms with van der Waals surface area (Å²) in [6.45, 7) is 3.52. The second-order valence-corrected chi connectivity index (χ2v) is 3.71. The number of hydrogen-bond donors (Lipinski definition) is 1. The van der Waals surface area contributed by atoms with Crippen LogP contribution >= 0.6 is 0 Å². The number of pyridine rings is 1. The molecule has 1 aromatic heterocycles. The number of ether oxygens (including phenoxy) is 1. The van der Waals surface area contributed by atoms with Gasteiger partial charge in [-0.3, -0.25) is 14.9 Å². The van der Waals surface area contributed by atoms with E-state index in [0.29, 0.717) is 5.82 Å². The zero-order chi connectivity index (χ0) is 13.5. The molecule has 0 aliphatic carbocycles. The summed E-state index contributed by atoms with van der Waals surface area (Å²) in [6, 6.07) is 2.82. The molecule has 0 saturated heterocycles. The Hall–Kier alpha value is -2.18. The first kappa shape index (κ1) is 13.9. The summed E-state index contributed by atoms with van der Waals surface area (Å²) in [5.41, 5.74) is -0.0615. The summed E-state index contributed by atoms with van der Waals surface area (Å²) in [5, 5.41) is 13.5. The van der Waals surface area contributed by atoms with E-state index in [1.165, 1.54) is 25.3 Å². The quantitative estimate of drug-likeness (QED) is 0.471. The molecule has 1 N–H and O–H groups in total. The maximum absolute atomic E-state index is 10.7. The standard InChI is InChI=1S/C11H15N3O4/c1-3-9(7-18-8(2)15)13-11-5-4-10(6-12-11)14(16)17/h4-6,9H,3,7H2,1-2H3,(H,12,13). The van der Waals surface area contributed by atoms with Crippen molar-refractivity contribution in [2.24, 2.45) is 0 Å². The van der Waals surface area contributed by atoms with Crippen LogP contribution in [0.3, 0.4) is 0 Å². The van der Waals surface area contributed by atoms with Crippen LogP contribution < -0.4 is 5.32 Å². The molecule has 1 atom stereocenters. The van der Waals surface area contributed by atoms with Crippen molar-refractivity contribution >= 4 is 17.5 Å². The smallest absolute Gasteiger partial charge is 0.302 e. The van der Waals surface area contributed by atoms with Gasteiger partial charge in [-0.05, 0) is 12.5 Å². The number of rotatable bonds is 6. The predicted molar refractivity (Wildman–Crippen MR) is 65.2 cm³/mol. The first-order chi connectivity index (χ1) is 8.52. The first-order valence-electron chi connectivity index (χ1n) is 5.53. The molecule has 0 bridgehead atoms. The van der Waals surface area contributed by atoms with E-state index in [-0.39, 0.29) is 24.3 Å². The minimum atomic E-state index is -0.507. The molecule has 0 aliphatic heterocycles. The lowest BCUT2D eigenvalue weighted by atomic mass is 10.2. The summed E-state index contributed by atoms with van der Waals surface area (Å²) >= 11 is 0. The number of carbonyl (C=O) groups excluding carboxylic acids is 1. The van der Waals surface area contributed by atoms with E-state index >= 15 is 0 Å². The zero-order valence-electron chi connectivity index (χ0n) is 10.3. The van der Waals surface area contributed by atoms with Gasteiger partial charge in [0.25, 0.3) is 5.69 Å². The van der Waals surface area contributed by atoms with Crippen LogP contribution in [-0.2, 0) is 9.53 Å². The van der Waals surface area contributed by atoms with Crippen molar-refractivity contribution in [1.29, 1.82) is 0 Å². The van der Waals surface area contributed by atoms with Crippen LogP contribution in [0.15, 0.2) is 18.3 Å². The minimum Gasteiger partial charge on any atom is -0.464 e. The number of aromatic nitrogens is 1. The average Bonchev–Trinajstić information content (AvgIpc) is 2.34. The van der Waals surface area contributed by atoms with E-state index in [4.69, 9.17) is 4.74 Å². The average molecular weight is 253 g/mol. The van der Waals surface area contributed by atoms with Gasteiger partial charge in [-0.25, -0.2) is 4.98 Å². The molecule has 1 heterocycles. The molecule has 0 aromatic carbocycles. The van der Waals surface area contributed by atoms with E-state index in [2.05, 4.69) is 10.3 Å². The molecule has 0 fully saturated rings. The lowest BCUT2D eigenvalue weighted by Gasteiger charge is -2.16. The molecule has 1 rings (SSSR count). The van der Waals surface area contributed by atoms with Crippen molar-refractivity contribution in [1.82, 2.24) is 4.98 Å². The molecular weight excluding hydrogens is 238 g/mol. The number of esters is 1. The fraction of sp³-hybridized carbons (Fsp3) is 0.455. The second-order valence-electron chi connectivity index (χ2n) is 3.71. The third-order valence-corrected chi connectivity index (χ3v) is 2.29. The number of carbonyl (C=O) groups is 1. The number of hydrogen-bond acceptors (Lipinski definition) is 6. The van der Waals surface area contributed by atoms with E-state index < -0.39 is 4.92 Å². The fourth-order valence-electron chi connectivity index (χ4n) is 1.27. The maximum atomic E-state index is 10.7. The summed E-state index contributed by atoms with van der Waals surface area (Å²) in [4.78, 5) is 24.6. The molecule has 0 radical (unpaired) electrons. The Morgan fingerprint density at radius 3 is 2.78 bits per heavy atom. The minimum absolute atomic E-state index is 0.0615. The van der Waals surface area contributed by atoms with Gasteiger partial charge in [0.1, 0.15) is 18.6 Å². The molecule has 18 heavy (non-hydrogen) atoms. The molecule has 0 spiro atoms. The maximum Gasteiger partial charge on any atom is 0.302 e. The molecular formula is C11H15N3O4. The Labute approximate surface area is 104 Å². The number of anilines is 1. The van der Waals surface area contributed by atoms with Gasteiger partial charge in [0.2, 0.25) is 0 Å². The van der Waals surface area contributed by atoms with Crippen LogP contribution in [0.4, 0.5) is 11.5 Å². The Bertz CT molecular complexity index is 419. The first-order valence-corrected chi connectivity index (χ1v) is 5.53. The van der Waals surface area contributed by atoms with Gasteiger partial charge in [-0.15, -0.1) is 0 Å². The van der Waals surface area contributed by atoms with Crippen molar-refractivity contribution in [3.63, 3.8) is 0 Å². The van der Waals surface area contributed by atoms with Gasteiger partial charge in [-0.2, -0.15) is 0 Å². The summed E-state index contributed by atoms with van der Waals surface area (Å²) < 4.78 is 4.89. The van der Waals surface area contributed by atoms with Crippen LogP contribution in [0.5, 0.6) is 0 Å². The highest BCUT2D eigenvalue weighted by atomic mass is 16.6. The van der Waals surface area contributed by atoms with Crippen LogP contribution in [0.1, 0.15) is 20.3 Å². The van der Waals surface area contributed by atoms with Gasteiger partial charge in [0, 0.05) is 13.0 Å². The third-order valence-electron chi connectivity index (χ3n) is 2.29. The third kappa shape index (κ3) is 4.36. The Kier molecular flexibility index (Phi) is 5.04. The topological polar surface area (TPSA) is 94.4 Å². The lowest BCUT2D eigenvalue weighted by molar-refractivity contribution is -0.385. The number of nitrogens with one attached hydrogen (secondary N) is 1. The fourth-order valence-corrected chi connectivity index (χ4v) is 1.27. The van der Waals surface area contributed by atoms with Crippen LogP contribution in [-0.4, -0.2) is 28.5 Å². The lowest BCUT2D eigenvalue weighted by Crippen LogP contribution is -2.26. The molecule has 0 saturated carbocycles. The van der Waals surface area contributed by atoms with Gasteiger partial charge < -0.3 is 10.1 Å². The SMILES string of the molecule is CCC(COC(C)=O)Nc1ccc([N+](=O)[O-])cn1. The monoisotopic (exact) mass is 253 g/mol. The van der Waals surface area contributed by atoms with Gasteiger partial charge in [0.05, 0.1) is 11.0 Å². The molecule has 7 nitrogen and oxygen atoms in total. The van der Waals surface area contributed by atoms with Crippen molar-refractivity contribution in [2.75, 3.05) is 11.9 Å². The van der Waals surface area contributed by atoms with Crippen LogP contribution in [0.25, 0.3) is 0 Å². The highest BCUT2D eigenvalue weighted by Gasteiger charge is 2.10. The Balaban J connectivity index is 2.58. The number of nitro groups is 1. The van der Waals surface area contributed by atoms with E-state index in [9.17, 15) is 14.9 Å². The molecule has 7 heteroatoms. The Morgan fingerprint density at radius 2 is 2.33 bits per heavy atom. The van der Waals surface area contributed by atoms with E-state index in [0.717, 1.165) is 6.42 Å². The van der Waals surface area contributed by atoms with Gasteiger partial charge in [-0.1, -0.05) is 6.92 Å². The van der Waals surface area contributed by atoms with Crippen molar-refractivity contribution < 1.29 is 14.5 Å². The van der Waals surface area contributed by atoms with Crippen molar-refractivity contribution in [3.8, 4) is 0 Å². The second kappa shape index (κ2) is 6.53.